The molecule has 1 amide bonds. The first kappa shape index (κ1) is 21.9. The van der Waals surface area contributed by atoms with Crippen molar-refractivity contribution in [2.75, 3.05) is 5.32 Å². The first-order valence-electron chi connectivity index (χ1n) is 11.7. The van der Waals surface area contributed by atoms with E-state index in [4.69, 9.17) is 4.98 Å². The average Bonchev–Trinajstić information content (AvgIpc) is 3.63. The Morgan fingerprint density at radius 3 is 2.47 bits per heavy atom. The van der Waals surface area contributed by atoms with Crippen LogP contribution in [0.2, 0.25) is 0 Å². The quantitative estimate of drug-likeness (QED) is 0.350. The van der Waals surface area contributed by atoms with E-state index in [2.05, 4.69) is 34.7 Å². The van der Waals surface area contributed by atoms with E-state index in [1.165, 1.54) is 0 Å². The van der Waals surface area contributed by atoms with Gasteiger partial charge in [0, 0.05) is 29.2 Å². The van der Waals surface area contributed by atoms with E-state index in [0.29, 0.717) is 17.6 Å². The summed E-state index contributed by atoms with van der Waals surface area (Å²) in [5.41, 5.74) is 6.45. The molecule has 5 rings (SSSR count). The number of phenols is 1. The van der Waals surface area contributed by atoms with Crippen molar-refractivity contribution in [3.05, 3.63) is 71.9 Å². The number of rotatable bonds is 6. The molecule has 0 unspecified atom stereocenters. The minimum absolute atomic E-state index is 0.0385. The lowest BCUT2D eigenvalue weighted by atomic mass is 9.90. The summed E-state index contributed by atoms with van der Waals surface area (Å²) in [6.07, 6.45) is 3.93. The van der Waals surface area contributed by atoms with Crippen molar-refractivity contribution in [2.45, 2.75) is 45.7 Å². The van der Waals surface area contributed by atoms with Crippen LogP contribution in [0.4, 0.5) is 5.95 Å². The van der Waals surface area contributed by atoms with Crippen molar-refractivity contribution < 1.29 is 9.90 Å². The van der Waals surface area contributed by atoms with Gasteiger partial charge in [-0.05, 0) is 97.8 Å². The number of hydrogen-bond acceptors (Lipinski definition) is 5. The monoisotopic (exact) mass is 452 g/mol. The fourth-order valence-electron chi connectivity index (χ4n) is 4.06. The summed E-state index contributed by atoms with van der Waals surface area (Å²) < 4.78 is 0. The van der Waals surface area contributed by atoms with Crippen LogP contribution in [0.3, 0.4) is 0 Å². The first-order valence-corrected chi connectivity index (χ1v) is 11.7. The standard InChI is InChI=1S/C28H28N4O2/c1-16(2)30-28-29-15-20-13-25(24(14-26(20)32-28)18-6-10-22(33)11-7-18)23-12-19(5-4-17(23)3)27(34)31-21-8-9-21/h4-7,10-16,21,33H,8-9H2,1-3H3,(H,31,34)(H,29,30,32). The van der Waals surface area contributed by atoms with Crippen LogP contribution in [0.5, 0.6) is 5.75 Å². The van der Waals surface area contributed by atoms with Crippen LogP contribution in [-0.2, 0) is 0 Å². The Bertz CT molecular complexity index is 1380. The van der Waals surface area contributed by atoms with E-state index < -0.39 is 0 Å². The lowest BCUT2D eigenvalue weighted by Crippen LogP contribution is -2.25. The molecule has 0 spiro atoms. The van der Waals surface area contributed by atoms with E-state index in [1.807, 2.05) is 50.4 Å². The fraction of sp³-hybridized carbons (Fsp3) is 0.250. The summed E-state index contributed by atoms with van der Waals surface area (Å²) in [6.45, 7) is 6.15. The van der Waals surface area contributed by atoms with Gasteiger partial charge in [0.2, 0.25) is 5.95 Å². The van der Waals surface area contributed by atoms with Crippen molar-refractivity contribution in [1.82, 2.24) is 15.3 Å². The normalized spacial score (nSPS) is 13.3. The topological polar surface area (TPSA) is 87.1 Å². The van der Waals surface area contributed by atoms with Gasteiger partial charge in [0.25, 0.3) is 5.91 Å². The van der Waals surface area contributed by atoms with E-state index in [-0.39, 0.29) is 17.7 Å². The Hall–Kier alpha value is -3.93. The molecule has 0 bridgehead atoms. The second-order valence-electron chi connectivity index (χ2n) is 9.27. The third-order valence-corrected chi connectivity index (χ3v) is 6.02. The lowest BCUT2D eigenvalue weighted by Gasteiger charge is -2.16. The Kier molecular flexibility index (Phi) is 5.65. The summed E-state index contributed by atoms with van der Waals surface area (Å²) in [5, 5.41) is 17.1. The molecule has 1 aliphatic rings. The smallest absolute Gasteiger partial charge is 0.251 e. The molecular weight excluding hydrogens is 424 g/mol. The van der Waals surface area contributed by atoms with Crippen LogP contribution >= 0.6 is 0 Å². The highest BCUT2D eigenvalue weighted by Crippen LogP contribution is 2.38. The number of nitrogens with zero attached hydrogens (tertiary/aromatic N) is 2. The summed E-state index contributed by atoms with van der Waals surface area (Å²) >= 11 is 0. The van der Waals surface area contributed by atoms with Crippen molar-refractivity contribution >= 4 is 22.8 Å². The summed E-state index contributed by atoms with van der Waals surface area (Å²) in [7, 11) is 0. The van der Waals surface area contributed by atoms with Crippen molar-refractivity contribution in [3.63, 3.8) is 0 Å². The number of carbonyl (C=O) groups is 1. The zero-order valence-electron chi connectivity index (χ0n) is 19.6. The fourth-order valence-corrected chi connectivity index (χ4v) is 4.06. The van der Waals surface area contributed by atoms with E-state index in [1.54, 1.807) is 12.1 Å². The first-order chi connectivity index (χ1) is 16.4. The highest BCUT2D eigenvalue weighted by Gasteiger charge is 2.24. The maximum Gasteiger partial charge on any atom is 0.251 e. The number of aromatic nitrogens is 2. The predicted octanol–water partition coefficient (Wildman–Crippen LogP) is 5.69. The molecule has 1 heterocycles. The number of hydrogen-bond donors (Lipinski definition) is 3. The van der Waals surface area contributed by atoms with Gasteiger partial charge < -0.3 is 15.7 Å². The van der Waals surface area contributed by atoms with E-state index >= 15 is 0 Å². The molecule has 0 radical (unpaired) electrons. The number of anilines is 1. The Balaban J connectivity index is 1.68. The third kappa shape index (κ3) is 4.57. The number of phenolic OH excluding ortho intramolecular Hbond substituents is 1. The molecule has 6 heteroatoms. The maximum absolute atomic E-state index is 12.8. The van der Waals surface area contributed by atoms with Gasteiger partial charge in [0.1, 0.15) is 5.75 Å². The SMILES string of the molecule is Cc1ccc(C(=O)NC2CC2)cc1-c1cc2cnc(NC(C)C)nc2cc1-c1ccc(O)cc1. The number of benzene rings is 3. The maximum atomic E-state index is 12.8. The summed E-state index contributed by atoms with van der Waals surface area (Å²) in [5.74, 6) is 0.761. The summed E-state index contributed by atoms with van der Waals surface area (Å²) in [6, 6.07) is 17.7. The van der Waals surface area contributed by atoms with Gasteiger partial charge in [-0.3, -0.25) is 4.79 Å². The van der Waals surface area contributed by atoms with Gasteiger partial charge in [0.05, 0.1) is 5.52 Å². The lowest BCUT2D eigenvalue weighted by molar-refractivity contribution is 0.0951. The van der Waals surface area contributed by atoms with Gasteiger partial charge in [-0.2, -0.15) is 0 Å². The van der Waals surface area contributed by atoms with Gasteiger partial charge in [-0.15, -0.1) is 0 Å². The number of amides is 1. The zero-order valence-corrected chi connectivity index (χ0v) is 19.6. The van der Waals surface area contributed by atoms with Gasteiger partial charge >= 0.3 is 0 Å². The van der Waals surface area contributed by atoms with Crippen LogP contribution in [0.25, 0.3) is 33.2 Å². The van der Waals surface area contributed by atoms with Crippen molar-refractivity contribution in [2.24, 2.45) is 0 Å². The molecule has 4 aromatic rings. The van der Waals surface area contributed by atoms with E-state index in [9.17, 15) is 9.90 Å². The minimum Gasteiger partial charge on any atom is -0.508 e. The number of aromatic hydroxyl groups is 1. The number of fused-ring (bicyclic) bond motifs is 1. The Morgan fingerprint density at radius 1 is 1.00 bits per heavy atom. The molecule has 1 fully saturated rings. The van der Waals surface area contributed by atoms with E-state index in [0.717, 1.165) is 51.6 Å². The molecule has 1 aliphatic carbocycles. The molecule has 0 aliphatic heterocycles. The van der Waals surface area contributed by atoms with Crippen LogP contribution in [0, 0.1) is 6.92 Å². The minimum atomic E-state index is -0.0385. The molecule has 172 valence electrons. The zero-order chi connectivity index (χ0) is 23.8. The predicted molar refractivity (Wildman–Crippen MR) is 136 cm³/mol. The second-order valence-corrected chi connectivity index (χ2v) is 9.27. The molecule has 0 saturated heterocycles. The molecule has 0 atom stereocenters. The molecule has 3 aromatic carbocycles. The Morgan fingerprint density at radius 2 is 1.76 bits per heavy atom. The summed E-state index contributed by atoms with van der Waals surface area (Å²) in [4.78, 5) is 22.0. The number of nitrogens with one attached hydrogen (secondary N) is 2. The van der Waals surface area contributed by atoms with Crippen molar-refractivity contribution in [1.29, 1.82) is 0 Å². The van der Waals surface area contributed by atoms with Gasteiger partial charge in [-0.1, -0.05) is 18.2 Å². The van der Waals surface area contributed by atoms with Crippen LogP contribution < -0.4 is 10.6 Å². The van der Waals surface area contributed by atoms with Crippen LogP contribution in [0.1, 0.15) is 42.6 Å². The Labute approximate surface area is 199 Å². The molecule has 3 N–H and O–H groups in total. The number of carbonyl (C=O) groups excluding carboxylic acids is 1. The van der Waals surface area contributed by atoms with Crippen molar-refractivity contribution in [3.8, 4) is 28.0 Å². The van der Waals surface area contributed by atoms with Crippen LogP contribution in [0.15, 0.2) is 60.8 Å². The van der Waals surface area contributed by atoms with Gasteiger partial charge in [-0.25, -0.2) is 9.97 Å². The van der Waals surface area contributed by atoms with Gasteiger partial charge in [0.15, 0.2) is 0 Å². The highest BCUT2D eigenvalue weighted by atomic mass is 16.3. The molecule has 1 saturated carbocycles. The highest BCUT2D eigenvalue weighted by molar-refractivity contribution is 5.99. The average molecular weight is 453 g/mol. The second kappa shape index (κ2) is 8.78. The largest absolute Gasteiger partial charge is 0.508 e. The molecule has 1 aromatic heterocycles. The third-order valence-electron chi connectivity index (χ3n) is 6.02. The number of aryl methyl sites for hydroxylation is 1. The molecular formula is C28H28N4O2. The molecule has 34 heavy (non-hydrogen) atoms. The van der Waals surface area contributed by atoms with Crippen LogP contribution in [-0.4, -0.2) is 33.1 Å². The molecule has 6 nitrogen and oxygen atoms in total.